The lowest BCUT2D eigenvalue weighted by Gasteiger charge is -2.27. The highest BCUT2D eigenvalue weighted by atomic mass is 16.2. The summed E-state index contributed by atoms with van der Waals surface area (Å²) in [6.45, 7) is 5.13. The fourth-order valence-electron chi connectivity index (χ4n) is 1.19. The van der Waals surface area contributed by atoms with Crippen molar-refractivity contribution in [2.75, 3.05) is 26.7 Å². The zero-order valence-electron chi connectivity index (χ0n) is 8.91. The molecule has 0 saturated carbocycles. The molecule has 0 unspecified atom stereocenters. The highest BCUT2D eigenvalue weighted by molar-refractivity contribution is 5.86. The van der Waals surface area contributed by atoms with Crippen LogP contribution in [0, 0.1) is 5.92 Å². The largest absolute Gasteiger partial charge is 0.400 e. The van der Waals surface area contributed by atoms with Gasteiger partial charge < -0.3 is 15.3 Å². The monoisotopic (exact) mass is 202 g/mol. The van der Waals surface area contributed by atoms with E-state index in [1.807, 2.05) is 13.8 Å². The van der Waals surface area contributed by atoms with Gasteiger partial charge in [0.05, 0.1) is 6.54 Å². The number of hydrogen-bond acceptors (Lipinski definition) is 3. The Labute approximate surface area is 84.1 Å². The standard InChI is InChI=1S/C8H14N2O2.CH4O/c1-6(2)8(12)10-4-3-9-7(11)5-10;1-2/h6H,3-5H2,1-2H3,(H,9,11);2H,1H3. The summed E-state index contributed by atoms with van der Waals surface area (Å²) in [5, 5.41) is 9.67. The van der Waals surface area contributed by atoms with Crippen LogP contribution in [0.3, 0.4) is 0 Å². The highest BCUT2D eigenvalue weighted by Crippen LogP contribution is 2.02. The van der Waals surface area contributed by atoms with Gasteiger partial charge in [0.1, 0.15) is 0 Å². The minimum Gasteiger partial charge on any atom is -0.400 e. The number of amides is 2. The number of nitrogens with one attached hydrogen (secondary N) is 1. The molecular weight excluding hydrogens is 184 g/mol. The molecule has 0 aromatic heterocycles. The Balaban J connectivity index is 0.000000791. The van der Waals surface area contributed by atoms with Gasteiger partial charge in [-0.2, -0.15) is 0 Å². The average molecular weight is 202 g/mol. The molecular formula is C9H18N2O3. The van der Waals surface area contributed by atoms with Crippen molar-refractivity contribution in [1.29, 1.82) is 0 Å². The quantitative estimate of drug-likeness (QED) is 0.585. The maximum atomic E-state index is 11.4. The van der Waals surface area contributed by atoms with E-state index in [1.54, 1.807) is 4.90 Å². The third-order valence-electron chi connectivity index (χ3n) is 1.84. The van der Waals surface area contributed by atoms with Gasteiger partial charge in [0, 0.05) is 26.1 Å². The van der Waals surface area contributed by atoms with Gasteiger partial charge in [-0.05, 0) is 0 Å². The Hall–Kier alpha value is -1.10. The van der Waals surface area contributed by atoms with Crippen LogP contribution in [0.1, 0.15) is 13.8 Å². The van der Waals surface area contributed by atoms with Crippen molar-refractivity contribution in [3.8, 4) is 0 Å². The molecule has 82 valence electrons. The smallest absolute Gasteiger partial charge is 0.239 e. The Morgan fingerprint density at radius 2 is 2.07 bits per heavy atom. The first-order valence-corrected chi connectivity index (χ1v) is 4.61. The average Bonchev–Trinajstić information content (AvgIpc) is 2.19. The summed E-state index contributed by atoms with van der Waals surface area (Å²) in [7, 11) is 1.00. The molecule has 0 aromatic carbocycles. The molecule has 0 aromatic rings. The van der Waals surface area contributed by atoms with Crippen molar-refractivity contribution in [3.63, 3.8) is 0 Å². The normalized spacial score (nSPS) is 15.8. The molecule has 1 fully saturated rings. The van der Waals surface area contributed by atoms with E-state index in [-0.39, 0.29) is 24.3 Å². The number of aliphatic hydroxyl groups excluding tert-OH is 1. The molecule has 0 aliphatic carbocycles. The molecule has 1 aliphatic rings. The van der Waals surface area contributed by atoms with Gasteiger partial charge in [-0.3, -0.25) is 9.59 Å². The van der Waals surface area contributed by atoms with Gasteiger partial charge in [-0.25, -0.2) is 0 Å². The Morgan fingerprint density at radius 3 is 2.50 bits per heavy atom. The Morgan fingerprint density at radius 1 is 1.50 bits per heavy atom. The molecule has 2 amide bonds. The first-order chi connectivity index (χ1) is 6.61. The second kappa shape index (κ2) is 6.37. The zero-order valence-corrected chi connectivity index (χ0v) is 8.91. The summed E-state index contributed by atoms with van der Waals surface area (Å²) < 4.78 is 0. The lowest BCUT2D eigenvalue weighted by molar-refractivity contribution is -0.140. The molecule has 1 saturated heterocycles. The van der Waals surface area contributed by atoms with E-state index in [9.17, 15) is 9.59 Å². The molecule has 5 heteroatoms. The van der Waals surface area contributed by atoms with Crippen molar-refractivity contribution in [2.24, 2.45) is 5.92 Å². The number of aliphatic hydroxyl groups is 1. The van der Waals surface area contributed by atoms with Gasteiger partial charge in [0.15, 0.2) is 0 Å². The molecule has 14 heavy (non-hydrogen) atoms. The summed E-state index contributed by atoms with van der Waals surface area (Å²) in [5.74, 6) is -0.0176. The molecule has 0 bridgehead atoms. The number of carbonyl (C=O) groups excluding carboxylic acids is 2. The van der Waals surface area contributed by atoms with Crippen molar-refractivity contribution in [2.45, 2.75) is 13.8 Å². The minimum absolute atomic E-state index is 0.0177. The Bertz CT molecular complexity index is 204. The molecule has 0 atom stereocenters. The number of rotatable bonds is 1. The number of piperazine rings is 1. The third kappa shape index (κ3) is 3.74. The molecule has 5 nitrogen and oxygen atoms in total. The van der Waals surface area contributed by atoms with E-state index in [0.717, 1.165) is 7.11 Å². The van der Waals surface area contributed by atoms with Crippen LogP contribution in [0.25, 0.3) is 0 Å². The molecule has 0 spiro atoms. The van der Waals surface area contributed by atoms with E-state index < -0.39 is 0 Å². The molecule has 1 rings (SSSR count). The van der Waals surface area contributed by atoms with Crippen LogP contribution in [0.2, 0.25) is 0 Å². The number of hydrogen-bond donors (Lipinski definition) is 2. The van der Waals surface area contributed by atoms with Crippen LogP contribution >= 0.6 is 0 Å². The minimum atomic E-state index is -0.0600. The van der Waals surface area contributed by atoms with Crippen LogP contribution < -0.4 is 5.32 Å². The number of carbonyl (C=O) groups is 2. The number of nitrogens with zero attached hydrogens (tertiary/aromatic N) is 1. The van der Waals surface area contributed by atoms with Crippen LogP contribution in [0.5, 0.6) is 0 Å². The van der Waals surface area contributed by atoms with Crippen molar-refractivity contribution in [3.05, 3.63) is 0 Å². The van der Waals surface area contributed by atoms with Crippen LogP contribution in [0.15, 0.2) is 0 Å². The van der Waals surface area contributed by atoms with Gasteiger partial charge in [-0.15, -0.1) is 0 Å². The maximum absolute atomic E-state index is 11.4. The Kier molecular flexibility index (Phi) is 5.87. The fourth-order valence-corrected chi connectivity index (χ4v) is 1.19. The van der Waals surface area contributed by atoms with Gasteiger partial charge in [0.2, 0.25) is 11.8 Å². The maximum Gasteiger partial charge on any atom is 0.239 e. The van der Waals surface area contributed by atoms with Crippen molar-refractivity contribution in [1.82, 2.24) is 10.2 Å². The van der Waals surface area contributed by atoms with Gasteiger partial charge >= 0.3 is 0 Å². The summed E-state index contributed by atoms with van der Waals surface area (Å²) >= 11 is 0. The van der Waals surface area contributed by atoms with Crippen LogP contribution in [-0.2, 0) is 9.59 Å². The van der Waals surface area contributed by atoms with E-state index in [4.69, 9.17) is 5.11 Å². The van der Waals surface area contributed by atoms with Crippen LogP contribution in [-0.4, -0.2) is 48.6 Å². The van der Waals surface area contributed by atoms with Gasteiger partial charge in [0.25, 0.3) is 0 Å². The highest BCUT2D eigenvalue weighted by Gasteiger charge is 2.22. The van der Waals surface area contributed by atoms with E-state index in [0.29, 0.717) is 13.1 Å². The molecule has 0 radical (unpaired) electrons. The second-order valence-electron chi connectivity index (χ2n) is 3.26. The second-order valence-corrected chi connectivity index (χ2v) is 3.26. The van der Waals surface area contributed by atoms with Crippen molar-refractivity contribution >= 4 is 11.8 Å². The van der Waals surface area contributed by atoms with Crippen molar-refractivity contribution < 1.29 is 14.7 Å². The van der Waals surface area contributed by atoms with Gasteiger partial charge in [-0.1, -0.05) is 13.8 Å². The lowest BCUT2D eigenvalue weighted by atomic mass is 10.2. The van der Waals surface area contributed by atoms with E-state index in [2.05, 4.69) is 5.32 Å². The van der Waals surface area contributed by atoms with E-state index >= 15 is 0 Å². The topological polar surface area (TPSA) is 69.6 Å². The summed E-state index contributed by atoms with van der Waals surface area (Å²) in [4.78, 5) is 23.9. The first kappa shape index (κ1) is 12.9. The third-order valence-corrected chi connectivity index (χ3v) is 1.84. The summed E-state index contributed by atoms with van der Waals surface area (Å²) in [5.41, 5.74) is 0. The summed E-state index contributed by atoms with van der Waals surface area (Å²) in [6.07, 6.45) is 0. The fraction of sp³-hybridized carbons (Fsp3) is 0.778. The molecule has 2 N–H and O–H groups in total. The summed E-state index contributed by atoms with van der Waals surface area (Å²) in [6, 6.07) is 0. The first-order valence-electron chi connectivity index (χ1n) is 4.61. The predicted octanol–water partition coefficient (Wildman–Crippen LogP) is -0.791. The SMILES string of the molecule is CC(C)C(=O)N1CCNC(=O)C1.CO. The predicted molar refractivity (Wildman–Crippen MR) is 52.6 cm³/mol. The lowest BCUT2D eigenvalue weighted by Crippen LogP contribution is -2.51. The zero-order chi connectivity index (χ0) is 11.1. The van der Waals surface area contributed by atoms with Crippen LogP contribution in [0.4, 0.5) is 0 Å². The molecule has 1 aliphatic heterocycles. The van der Waals surface area contributed by atoms with E-state index in [1.165, 1.54) is 0 Å². The molecule has 1 heterocycles.